The van der Waals surface area contributed by atoms with Crippen LogP contribution >= 0.6 is 11.6 Å². The van der Waals surface area contributed by atoms with Gasteiger partial charge in [0.2, 0.25) is 5.91 Å². The summed E-state index contributed by atoms with van der Waals surface area (Å²) in [7, 11) is 0. The molecule has 0 saturated heterocycles. The van der Waals surface area contributed by atoms with Crippen LogP contribution in [0.25, 0.3) is 0 Å². The van der Waals surface area contributed by atoms with E-state index in [4.69, 9.17) is 11.6 Å². The maximum absolute atomic E-state index is 12.2. The lowest BCUT2D eigenvalue weighted by Gasteiger charge is -2.26. The molecule has 1 rings (SSSR count). The summed E-state index contributed by atoms with van der Waals surface area (Å²) in [5.74, 6) is -0.114. The number of amides is 1. The molecule has 3 nitrogen and oxygen atoms in total. The van der Waals surface area contributed by atoms with Gasteiger partial charge in [0.1, 0.15) is 5.38 Å². The van der Waals surface area contributed by atoms with Gasteiger partial charge in [0.25, 0.3) is 0 Å². The summed E-state index contributed by atoms with van der Waals surface area (Å²) in [6.07, 6.45) is 0.903. The van der Waals surface area contributed by atoms with E-state index in [-0.39, 0.29) is 11.9 Å². The maximum atomic E-state index is 12.2. The van der Waals surface area contributed by atoms with E-state index in [0.717, 1.165) is 31.6 Å². The number of nitrogens with zero attached hydrogens (tertiary/aromatic N) is 1. The predicted molar refractivity (Wildman–Crippen MR) is 85.0 cm³/mol. The fourth-order valence-corrected chi connectivity index (χ4v) is 2.33. The second-order valence-corrected chi connectivity index (χ2v) is 5.31. The van der Waals surface area contributed by atoms with Gasteiger partial charge in [-0.25, -0.2) is 0 Å². The number of rotatable bonds is 8. The van der Waals surface area contributed by atoms with Gasteiger partial charge < -0.3 is 10.2 Å². The fraction of sp³-hybridized carbons (Fsp3) is 0.562. The van der Waals surface area contributed by atoms with Crippen molar-refractivity contribution in [3.05, 3.63) is 35.9 Å². The Kier molecular flexibility index (Phi) is 7.63. The molecule has 1 N–H and O–H groups in total. The van der Waals surface area contributed by atoms with E-state index in [0.29, 0.717) is 0 Å². The van der Waals surface area contributed by atoms with Crippen molar-refractivity contribution in [1.29, 1.82) is 0 Å². The second-order valence-electron chi connectivity index (χ2n) is 4.87. The zero-order chi connectivity index (χ0) is 15.0. The lowest BCUT2D eigenvalue weighted by atomic mass is 10.1. The lowest BCUT2D eigenvalue weighted by Crippen LogP contribution is -2.44. The average molecular weight is 297 g/mol. The highest BCUT2D eigenvalue weighted by molar-refractivity contribution is 6.30. The van der Waals surface area contributed by atoms with Gasteiger partial charge in [-0.2, -0.15) is 0 Å². The maximum Gasteiger partial charge on any atom is 0.242 e. The zero-order valence-electron chi connectivity index (χ0n) is 12.6. The van der Waals surface area contributed by atoms with E-state index in [1.54, 1.807) is 0 Å². The highest BCUT2D eigenvalue weighted by atomic mass is 35.5. The van der Waals surface area contributed by atoms with E-state index in [1.807, 2.05) is 30.3 Å². The SMILES string of the molecule is CCC(CN(CC)CC)NC(=O)C(Cl)c1ccccc1. The van der Waals surface area contributed by atoms with Crippen molar-refractivity contribution in [2.75, 3.05) is 19.6 Å². The Labute approximate surface area is 127 Å². The number of halogens is 1. The molecule has 112 valence electrons. The highest BCUT2D eigenvalue weighted by Crippen LogP contribution is 2.20. The van der Waals surface area contributed by atoms with Gasteiger partial charge in [0, 0.05) is 12.6 Å². The van der Waals surface area contributed by atoms with Gasteiger partial charge in [-0.1, -0.05) is 51.1 Å². The van der Waals surface area contributed by atoms with Crippen molar-refractivity contribution < 1.29 is 4.79 Å². The van der Waals surface area contributed by atoms with Crippen molar-refractivity contribution in [3.8, 4) is 0 Å². The van der Waals surface area contributed by atoms with Crippen molar-refractivity contribution in [1.82, 2.24) is 10.2 Å². The third kappa shape index (κ3) is 5.14. The van der Waals surface area contributed by atoms with Gasteiger partial charge in [0.15, 0.2) is 0 Å². The molecule has 4 heteroatoms. The molecule has 1 aromatic rings. The Hall–Kier alpha value is -1.06. The Morgan fingerprint density at radius 2 is 1.80 bits per heavy atom. The molecular formula is C16H25ClN2O. The number of alkyl halides is 1. The molecule has 0 radical (unpaired) electrons. The first-order valence-electron chi connectivity index (χ1n) is 7.34. The second kappa shape index (κ2) is 8.98. The van der Waals surface area contributed by atoms with Crippen LogP contribution < -0.4 is 5.32 Å². The molecule has 0 aliphatic carbocycles. The Balaban J connectivity index is 2.58. The number of carbonyl (C=O) groups is 1. The minimum Gasteiger partial charge on any atom is -0.351 e. The zero-order valence-corrected chi connectivity index (χ0v) is 13.4. The Morgan fingerprint density at radius 1 is 1.20 bits per heavy atom. The smallest absolute Gasteiger partial charge is 0.242 e. The molecule has 0 aliphatic rings. The molecule has 2 unspecified atom stereocenters. The van der Waals surface area contributed by atoms with Crippen molar-refractivity contribution in [2.24, 2.45) is 0 Å². The number of nitrogens with one attached hydrogen (secondary N) is 1. The van der Waals surface area contributed by atoms with E-state index >= 15 is 0 Å². The summed E-state index contributed by atoms with van der Waals surface area (Å²) in [4.78, 5) is 14.5. The van der Waals surface area contributed by atoms with Gasteiger partial charge in [-0.05, 0) is 25.1 Å². The van der Waals surface area contributed by atoms with Crippen LogP contribution in [0.5, 0.6) is 0 Å². The minimum atomic E-state index is -0.623. The molecule has 0 spiro atoms. The first-order valence-corrected chi connectivity index (χ1v) is 7.77. The molecule has 0 fully saturated rings. The number of likely N-dealkylation sites (N-methyl/N-ethyl adjacent to an activating group) is 1. The first kappa shape index (κ1) is 17.0. The van der Waals surface area contributed by atoms with Crippen LogP contribution in [-0.2, 0) is 4.79 Å². The van der Waals surface area contributed by atoms with E-state index < -0.39 is 5.38 Å². The van der Waals surface area contributed by atoms with Crippen LogP contribution in [0.15, 0.2) is 30.3 Å². The number of hydrogen-bond donors (Lipinski definition) is 1. The third-order valence-corrected chi connectivity index (χ3v) is 3.98. The summed E-state index contributed by atoms with van der Waals surface area (Å²) in [5.41, 5.74) is 0.837. The highest BCUT2D eigenvalue weighted by Gasteiger charge is 2.20. The molecule has 0 bridgehead atoms. The van der Waals surface area contributed by atoms with Gasteiger partial charge in [-0.15, -0.1) is 11.6 Å². The molecular weight excluding hydrogens is 272 g/mol. The van der Waals surface area contributed by atoms with Gasteiger partial charge in [0.05, 0.1) is 0 Å². The summed E-state index contributed by atoms with van der Waals surface area (Å²) in [6.45, 7) is 9.20. The van der Waals surface area contributed by atoms with Crippen LogP contribution in [0.3, 0.4) is 0 Å². The van der Waals surface area contributed by atoms with Crippen LogP contribution in [-0.4, -0.2) is 36.5 Å². The Morgan fingerprint density at radius 3 is 2.30 bits per heavy atom. The quantitative estimate of drug-likeness (QED) is 0.747. The Bertz CT molecular complexity index is 393. The van der Waals surface area contributed by atoms with Gasteiger partial charge >= 0.3 is 0 Å². The third-order valence-electron chi connectivity index (χ3n) is 3.53. The van der Waals surface area contributed by atoms with Gasteiger partial charge in [-0.3, -0.25) is 4.79 Å². The van der Waals surface area contributed by atoms with Crippen LogP contribution in [0.1, 0.15) is 38.1 Å². The number of carbonyl (C=O) groups excluding carboxylic acids is 1. The van der Waals surface area contributed by atoms with Crippen molar-refractivity contribution in [2.45, 2.75) is 38.6 Å². The summed E-state index contributed by atoms with van der Waals surface area (Å²) in [6, 6.07) is 9.61. The lowest BCUT2D eigenvalue weighted by molar-refractivity contribution is -0.121. The molecule has 2 atom stereocenters. The molecule has 0 heterocycles. The van der Waals surface area contributed by atoms with E-state index in [1.165, 1.54) is 0 Å². The molecule has 0 aliphatic heterocycles. The average Bonchev–Trinajstić information content (AvgIpc) is 2.51. The summed E-state index contributed by atoms with van der Waals surface area (Å²) in [5, 5.41) is 2.43. The number of benzene rings is 1. The van der Waals surface area contributed by atoms with E-state index in [9.17, 15) is 4.79 Å². The summed E-state index contributed by atoms with van der Waals surface area (Å²) >= 11 is 6.24. The molecule has 1 amide bonds. The van der Waals surface area contributed by atoms with Crippen LogP contribution in [0, 0.1) is 0 Å². The monoisotopic (exact) mass is 296 g/mol. The fourth-order valence-electron chi connectivity index (χ4n) is 2.12. The molecule has 1 aromatic carbocycles. The predicted octanol–water partition coefficient (Wildman–Crippen LogP) is 3.20. The molecule has 0 aromatic heterocycles. The topological polar surface area (TPSA) is 32.3 Å². The van der Waals surface area contributed by atoms with E-state index in [2.05, 4.69) is 31.0 Å². The van der Waals surface area contributed by atoms with Crippen LogP contribution in [0.4, 0.5) is 0 Å². The van der Waals surface area contributed by atoms with Crippen molar-refractivity contribution in [3.63, 3.8) is 0 Å². The summed E-state index contributed by atoms with van der Waals surface area (Å²) < 4.78 is 0. The number of hydrogen-bond acceptors (Lipinski definition) is 2. The van der Waals surface area contributed by atoms with Crippen molar-refractivity contribution >= 4 is 17.5 Å². The first-order chi connectivity index (χ1) is 9.62. The minimum absolute atomic E-state index is 0.114. The van der Waals surface area contributed by atoms with Crippen LogP contribution in [0.2, 0.25) is 0 Å². The molecule has 0 saturated carbocycles. The normalized spacial score (nSPS) is 14.1. The standard InChI is InChI=1S/C16H25ClN2O/c1-4-14(12-19(5-2)6-3)18-16(20)15(17)13-10-8-7-9-11-13/h7-11,14-15H,4-6,12H2,1-3H3,(H,18,20). The molecule has 20 heavy (non-hydrogen) atoms. The largest absolute Gasteiger partial charge is 0.351 e.